The van der Waals surface area contributed by atoms with Crippen LogP contribution in [0.3, 0.4) is 0 Å². The summed E-state index contributed by atoms with van der Waals surface area (Å²) in [6, 6.07) is 9.90. The van der Waals surface area contributed by atoms with Gasteiger partial charge < -0.3 is 14.9 Å². The minimum Gasteiger partial charge on any atom is -0.484 e. The van der Waals surface area contributed by atoms with Crippen LogP contribution in [0, 0.1) is 5.82 Å². The molecule has 0 aliphatic carbocycles. The smallest absolute Gasteiger partial charge is 0.165 e. The predicted molar refractivity (Wildman–Crippen MR) is 70.3 cm³/mol. The molecule has 3 rings (SSSR count). The highest BCUT2D eigenvalue weighted by Crippen LogP contribution is 2.17. The maximum Gasteiger partial charge on any atom is 0.165 e. The number of halogens is 1. The zero-order valence-electron chi connectivity index (χ0n) is 10.1. The average Bonchev–Trinajstić information content (AvgIpc) is 2.79. The first-order valence-corrected chi connectivity index (χ1v) is 5.83. The lowest BCUT2D eigenvalue weighted by molar-refractivity contribution is 0.286. The summed E-state index contributed by atoms with van der Waals surface area (Å²) in [7, 11) is 0. The fourth-order valence-electron chi connectivity index (χ4n) is 1.84. The molecule has 0 atom stereocenters. The van der Waals surface area contributed by atoms with Gasteiger partial charge in [-0.05, 0) is 24.3 Å². The Labute approximate surface area is 109 Å². The van der Waals surface area contributed by atoms with Crippen LogP contribution in [0.5, 0.6) is 5.75 Å². The number of benzene rings is 1. The quantitative estimate of drug-likeness (QED) is 0.784. The van der Waals surface area contributed by atoms with Gasteiger partial charge in [-0.1, -0.05) is 12.1 Å². The SMILES string of the molecule is Nc1ccc2nc(COc3ccccc3F)cn2c1. The summed E-state index contributed by atoms with van der Waals surface area (Å²) in [4.78, 5) is 4.36. The first kappa shape index (κ1) is 11.5. The van der Waals surface area contributed by atoms with Crippen molar-refractivity contribution in [3.63, 3.8) is 0 Å². The summed E-state index contributed by atoms with van der Waals surface area (Å²) >= 11 is 0. The molecule has 1 aromatic carbocycles. The molecular formula is C14H12FN3O. The van der Waals surface area contributed by atoms with E-state index >= 15 is 0 Å². The van der Waals surface area contributed by atoms with E-state index in [4.69, 9.17) is 10.5 Å². The molecule has 0 fully saturated rings. The Morgan fingerprint density at radius 3 is 2.84 bits per heavy atom. The molecule has 4 nitrogen and oxygen atoms in total. The number of ether oxygens (including phenoxy) is 1. The van der Waals surface area contributed by atoms with E-state index in [0.717, 1.165) is 5.65 Å². The van der Waals surface area contributed by atoms with Crippen molar-refractivity contribution < 1.29 is 9.13 Å². The highest BCUT2D eigenvalue weighted by atomic mass is 19.1. The predicted octanol–water partition coefficient (Wildman–Crippen LogP) is 2.63. The van der Waals surface area contributed by atoms with Crippen LogP contribution >= 0.6 is 0 Å². The highest BCUT2D eigenvalue weighted by Gasteiger charge is 2.05. The van der Waals surface area contributed by atoms with E-state index in [9.17, 15) is 4.39 Å². The van der Waals surface area contributed by atoms with Gasteiger partial charge in [0.15, 0.2) is 11.6 Å². The summed E-state index contributed by atoms with van der Waals surface area (Å²) < 4.78 is 20.6. The lowest BCUT2D eigenvalue weighted by atomic mass is 10.3. The number of para-hydroxylation sites is 1. The summed E-state index contributed by atoms with van der Waals surface area (Å²) in [5.41, 5.74) is 7.84. The molecule has 0 aliphatic heterocycles. The summed E-state index contributed by atoms with van der Waals surface area (Å²) in [6.45, 7) is 0.211. The second kappa shape index (κ2) is 4.61. The summed E-state index contributed by atoms with van der Waals surface area (Å²) in [5, 5.41) is 0. The third-order valence-electron chi connectivity index (χ3n) is 2.74. The van der Waals surface area contributed by atoms with Gasteiger partial charge in [0.25, 0.3) is 0 Å². The third-order valence-corrected chi connectivity index (χ3v) is 2.74. The zero-order chi connectivity index (χ0) is 13.2. The number of anilines is 1. The van der Waals surface area contributed by atoms with Gasteiger partial charge in [-0.2, -0.15) is 0 Å². The minimum atomic E-state index is -0.379. The van der Waals surface area contributed by atoms with Crippen molar-refractivity contribution in [1.29, 1.82) is 0 Å². The van der Waals surface area contributed by atoms with E-state index in [1.807, 2.05) is 16.7 Å². The van der Waals surface area contributed by atoms with Crippen molar-refractivity contribution in [2.75, 3.05) is 5.73 Å². The number of nitrogen functional groups attached to an aromatic ring is 1. The van der Waals surface area contributed by atoms with E-state index in [1.165, 1.54) is 6.07 Å². The average molecular weight is 257 g/mol. The van der Waals surface area contributed by atoms with Crippen LogP contribution in [-0.2, 0) is 6.61 Å². The lowest BCUT2D eigenvalue weighted by Crippen LogP contribution is -1.97. The molecule has 3 aromatic rings. The Kier molecular flexibility index (Phi) is 2.79. The van der Waals surface area contributed by atoms with Crippen molar-refractivity contribution >= 4 is 11.3 Å². The van der Waals surface area contributed by atoms with E-state index in [0.29, 0.717) is 11.4 Å². The monoisotopic (exact) mass is 257 g/mol. The minimum absolute atomic E-state index is 0.211. The van der Waals surface area contributed by atoms with E-state index < -0.39 is 0 Å². The van der Waals surface area contributed by atoms with Gasteiger partial charge in [0, 0.05) is 18.1 Å². The van der Waals surface area contributed by atoms with E-state index in [2.05, 4.69) is 4.98 Å². The van der Waals surface area contributed by atoms with Crippen molar-refractivity contribution in [1.82, 2.24) is 9.38 Å². The van der Waals surface area contributed by atoms with E-state index in [1.54, 1.807) is 30.5 Å². The first-order valence-electron chi connectivity index (χ1n) is 5.83. The van der Waals surface area contributed by atoms with Crippen LogP contribution < -0.4 is 10.5 Å². The van der Waals surface area contributed by atoms with Crippen LogP contribution in [0.4, 0.5) is 10.1 Å². The number of pyridine rings is 1. The molecule has 0 saturated carbocycles. The molecule has 2 N–H and O–H groups in total. The molecule has 19 heavy (non-hydrogen) atoms. The number of fused-ring (bicyclic) bond motifs is 1. The number of nitrogens with zero attached hydrogens (tertiary/aromatic N) is 2. The fourth-order valence-corrected chi connectivity index (χ4v) is 1.84. The molecule has 5 heteroatoms. The first-order chi connectivity index (χ1) is 9.22. The van der Waals surface area contributed by atoms with Crippen LogP contribution in [0.25, 0.3) is 5.65 Å². The maximum absolute atomic E-state index is 13.4. The number of nitrogens with two attached hydrogens (primary N) is 1. The Morgan fingerprint density at radius 1 is 1.16 bits per heavy atom. The summed E-state index contributed by atoms with van der Waals surface area (Å²) in [5.74, 6) is -0.158. The van der Waals surface area contributed by atoms with Gasteiger partial charge in [0.2, 0.25) is 0 Å². The Hall–Kier alpha value is -2.56. The number of aromatic nitrogens is 2. The van der Waals surface area contributed by atoms with Crippen LogP contribution in [0.2, 0.25) is 0 Å². The lowest BCUT2D eigenvalue weighted by Gasteiger charge is -2.04. The molecule has 96 valence electrons. The number of rotatable bonds is 3. The normalized spacial score (nSPS) is 10.8. The standard InChI is InChI=1S/C14H12FN3O/c15-12-3-1-2-4-13(12)19-9-11-8-18-7-10(16)5-6-14(18)17-11/h1-8H,9,16H2. The highest BCUT2D eigenvalue weighted by molar-refractivity contribution is 5.48. The molecule has 0 unspecified atom stereocenters. The van der Waals surface area contributed by atoms with Crippen molar-refractivity contribution in [2.24, 2.45) is 0 Å². The molecule has 0 amide bonds. The van der Waals surface area contributed by atoms with Gasteiger partial charge in [-0.15, -0.1) is 0 Å². The molecule has 2 heterocycles. The molecule has 0 aliphatic rings. The van der Waals surface area contributed by atoms with Gasteiger partial charge >= 0.3 is 0 Å². The molecule has 2 aromatic heterocycles. The van der Waals surface area contributed by atoms with Crippen molar-refractivity contribution in [3.8, 4) is 5.75 Å². The second-order valence-corrected chi connectivity index (χ2v) is 4.18. The van der Waals surface area contributed by atoms with Crippen LogP contribution in [0.1, 0.15) is 5.69 Å². The van der Waals surface area contributed by atoms with Gasteiger partial charge in [0.1, 0.15) is 12.3 Å². The summed E-state index contributed by atoms with van der Waals surface area (Å²) in [6.07, 6.45) is 3.58. The van der Waals surface area contributed by atoms with Crippen LogP contribution in [-0.4, -0.2) is 9.38 Å². The number of hydrogen-bond acceptors (Lipinski definition) is 3. The van der Waals surface area contributed by atoms with E-state index in [-0.39, 0.29) is 18.2 Å². The zero-order valence-corrected chi connectivity index (χ0v) is 10.1. The molecule has 0 radical (unpaired) electrons. The van der Waals surface area contributed by atoms with Gasteiger partial charge in [-0.3, -0.25) is 0 Å². The Morgan fingerprint density at radius 2 is 2.00 bits per heavy atom. The van der Waals surface area contributed by atoms with Crippen molar-refractivity contribution in [3.05, 3.63) is 60.3 Å². The number of imidazole rings is 1. The van der Waals surface area contributed by atoms with Crippen molar-refractivity contribution in [2.45, 2.75) is 6.61 Å². The second-order valence-electron chi connectivity index (χ2n) is 4.18. The fraction of sp³-hybridized carbons (Fsp3) is 0.0714. The van der Waals surface area contributed by atoms with Gasteiger partial charge in [0.05, 0.1) is 5.69 Å². The molecule has 0 bridgehead atoms. The Bertz CT molecular complexity index is 724. The van der Waals surface area contributed by atoms with Gasteiger partial charge in [-0.25, -0.2) is 9.37 Å². The topological polar surface area (TPSA) is 52.5 Å². The third kappa shape index (κ3) is 2.35. The molecule has 0 saturated heterocycles. The largest absolute Gasteiger partial charge is 0.484 e. The maximum atomic E-state index is 13.4. The molecule has 0 spiro atoms. The Balaban J connectivity index is 1.80. The number of hydrogen-bond donors (Lipinski definition) is 1. The van der Waals surface area contributed by atoms with Crippen LogP contribution in [0.15, 0.2) is 48.8 Å². The molecular weight excluding hydrogens is 245 g/mol.